The Morgan fingerprint density at radius 1 is 1.21 bits per heavy atom. The van der Waals surface area contributed by atoms with Gasteiger partial charge in [-0.15, -0.1) is 0 Å². The Hall–Kier alpha value is -2.54. The molecule has 1 amide bonds. The second-order valence-electron chi connectivity index (χ2n) is 6.71. The molecule has 0 spiro atoms. The zero-order valence-electron chi connectivity index (χ0n) is 17.3. The van der Waals surface area contributed by atoms with Gasteiger partial charge in [0.25, 0.3) is 5.91 Å². The highest BCUT2D eigenvalue weighted by Gasteiger charge is 2.43. The van der Waals surface area contributed by atoms with Crippen molar-refractivity contribution in [3.63, 3.8) is 0 Å². The Labute approximate surface area is 166 Å². The van der Waals surface area contributed by atoms with Crippen molar-refractivity contribution >= 4 is 11.7 Å². The van der Waals surface area contributed by atoms with E-state index in [-0.39, 0.29) is 11.4 Å². The summed E-state index contributed by atoms with van der Waals surface area (Å²) >= 11 is 0. The van der Waals surface area contributed by atoms with Gasteiger partial charge < -0.3 is 24.4 Å². The predicted octanol–water partition coefficient (Wildman–Crippen LogP) is 2.72. The van der Waals surface area contributed by atoms with Crippen LogP contribution in [0.1, 0.15) is 38.8 Å². The molecule has 0 aromatic heterocycles. The van der Waals surface area contributed by atoms with Crippen molar-refractivity contribution in [3.05, 3.63) is 35.1 Å². The van der Waals surface area contributed by atoms with Crippen molar-refractivity contribution < 1.29 is 24.2 Å². The van der Waals surface area contributed by atoms with Crippen molar-refractivity contribution in [2.45, 2.75) is 33.2 Å². The molecule has 1 aliphatic rings. The van der Waals surface area contributed by atoms with Gasteiger partial charge in [-0.1, -0.05) is 13.8 Å². The van der Waals surface area contributed by atoms with Gasteiger partial charge in [0.15, 0.2) is 11.5 Å². The molecule has 7 heteroatoms. The van der Waals surface area contributed by atoms with Crippen molar-refractivity contribution in [1.82, 2.24) is 9.80 Å². The summed E-state index contributed by atoms with van der Waals surface area (Å²) in [7, 11) is 3.08. The zero-order valence-corrected chi connectivity index (χ0v) is 17.3. The lowest BCUT2D eigenvalue weighted by atomic mass is 9.95. The number of benzene rings is 1. The molecule has 1 aliphatic heterocycles. The van der Waals surface area contributed by atoms with Gasteiger partial charge in [0, 0.05) is 18.2 Å². The number of ether oxygens (including phenoxy) is 2. The highest BCUT2D eigenvalue weighted by Crippen LogP contribution is 2.42. The molecule has 1 aromatic carbocycles. The van der Waals surface area contributed by atoms with E-state index in [2.05, 4.69) is 18.7 Å². The Balaban J connectivity index is 2.39. The zero-order chi connectivity index (χ0) is 20.8. The number of ketones is 1. The van der Waals surface area contributed by atoms with Crippen molar-refractivity contribution in [2.24, 2.45) is 0 Å². The van der Waals surface area contributed by atoms with Gasteiger partial charge in [-0.25, -0.2) is 0 Å². The lowest BCUT2D eigenvalue weighted by molar-refractivity contribution is -0.129. The maximum atomic E-state index is 12.7. The smallest absolute Gasteiger partial charge is 0.290 e. The Kier molecular flexibility index (Phi) is 7.45. The molecule has 1 atom stereocenters. The van der Waals surface area contributed by atoms with Crippen molar-refractivity contribution in [3.8, 4) is 11.5 Å². The second kappa shape index (κ2) is 9.59. The van der Waals surface area contributed by atoms with Crippen LogP contribution in [0.4, 0.5) is 0 Å². The number of Topliss-reactive ketones (excluding diaryl/α,β-unsaturated/α-hetero) is 1. The number of rotatable bonds is 10. The number of methoxy groups -OCH3 is 2. The van der Waals surface area contributed by atoms with E-state index in [0.29, 0.717) is 23.6 Å². The molecule has 1 heterocycles. The van der Waals surface area contributed by atoms with Gasteiger partial charge in [-0.2, -0.15) is 0 Å². The van der Waals surface area contributed by atoms with Gasteiger partial charge >= 0.3 is 0 Å². The van der Waals surface area contributed by atoms with Crippen LogP contribution in [0.5, 0.6) is 11.5 Å². The van der Waals surface area contributed by atoms with E-state index >= 15 is 0 Å². The second-order valence-corrected chi connectivity index (χ2v) is 6.71. The molecule has 154 valence electrons. The van der Waals surface area contributed by atoms with Crippen LogP contribution < -0.4 is 9.47 Å². The molecule has 28 heavy (non-hydrogen) atoms. The van der Waals surface area contributed by atoms with Gasteiger partial charge in [-0.05, 0) is 45.1 Å². The quantitative estimate of drug-likeness (QED) is 0.662. The summed E-state index contributed by atoms with van der Waals surface area (Å²) < 4.78 is 10.7. The van der Waals surface area contributed by atoms with Gasteiger partial charge in [0.2, 0.25) is 0 Å². The van der Waals surface area contributed by atoms with Gasteiger partial charge in [-0.3, -0.25) is 9.59 Å². The largest absolute Gasteiger partial charge is 0.503 e. The fraction of sp³-hybridized carbons (Fsp3) is 0.524. The summed E-state index contributed by atoms with van der Waals surface area (Å²) in [4.78, 5) is 28.8. The molecule has 0 fully saturated rings. The first-order valence-corrected chi connectivity index (χ1v) is 9.58. The third kappa shape index (κ3) is 4.30. The number of carbonyl (C=O) groups is 2. The lowest BCUT2D eigenvalue weighted by Crippen LogP contribution is -2.34. The number of aliphatic hydroxyl groups is 1. The summed E-state index contributed by atoms with van der Waals surface area (Å²) in [5, 5.41) is 10.4. The molecule has 0 aliphatic carbocycles. The number of hydrogen-bond donors (Lipinski definition) is 1. The van der Waals surface area contributed by atoms with Crippen LogP contribution in [0.3, 0.4) is 0 Å². The first kappa shape index (κ1) is 21.8. The number of amides is 1. The summed E-state index contributed by atoms with van der Waals surface area (Å²) in [5.74, 6) is -0.222. The van der Waals surface area contributed by atoms with E-state index in [9.17, 15) is 14.7 Å². The highest BCUT2D eigenvalue weighted by molar-refractivity contribution is 6.08. The van der Waals surface area contributed by atoms with E-state index in [1.54, 1.807) is 30.2 Å². The third-order valence-corrected chi connectivity index (χ3v) is 5.19. The minimum absolute atomic E-state index is 0.108. The summed E-state index contributed by atoms with van der Waals surface area (Å²) in [5.41, 5.74) is 0.755. The first-order chi connectivity index (χ1) is 13.4. The van der Waals surface area contributed by atoms with E-state index in [0.717, 1.165) is 26.1 Å². The molecular weight excluding hydrogens is 360 g/mol. The Morgan fingerprint density at radius 3 is 2.43 bits per heavy atom. The first-order valence-electron chi connectivity index (χ1n) is 9.58. The van der Waals surface area contributed by atoms with Crippen LogP contribution in [-0.4, -0.2) is 67.0 Å². The fourth-order valence-corrected chi connectivity index (χ4v) is 3.62. The average Bonchev–Trinajstić information content (AvgIpc) is 2.95. The van der Waals surface area contributed by atoms with E-state index in [4.69, 9.17) is 9.47 Å². The molecule has 2 rings (SSSR count). The predicted molar refractivity (Wildman–Crippen MR) is 107 cm³/mol. The number of aliphatic hydroxyl groups excluding tert-OH is 1. The maximum Gasteiger partial charge on any atom is 0.290 e. The minimum Gasteiger partial charge on any atom is -0.503 e. The maximum absolute atomic E-state index is 12.7. The molecule has 1 N–H and O–H groups in total. The van der Waals surface area contributed by atoms with Crippen LogP contribution in [0.15, 0.2) is 29.5 Å². The Morgan fingerprint density at radius 2 is 1.89 bits per heavy atom. The molecular formula is C21H30N2O5. The van der Waals surface area contributed by atoms with E-state index < -0.39 is 17.7 Å². The fourth-order valence-electron chi connectivity index (χ4n) is 3.62. The van der Waals surface area contributed by atoms with Crippen LogP contribution in [-0.2, 0) is 9.59 Å². The van der Waals surface area contributed by atoms with Crippen LogP contribution in [0.25, 0.3) is 0 Å². The Bertz CT molecular complexity index is 755. The summed E-state index contributed by atoms with van der Waals surface area (Å²) in [6.07, 6.45) is 0.737. The monoisotopic (exact) mass is 390 g/mol. The average molecular weight is 390 g/mol. The SMILES string of the molecule is CCN(CC)CCCN1C(=O)C(O)=C(C(C)=O)[C@H]1c1ccc(OC)cc1OC. The lowest BCUT2D eigenvalue weighted by Gasteiger charge is -2.29. The molecule has 0 radical (unpaired) electrons. The number of hydrogen-bond acceptors (Lipinski definition) is 6. The molecule has 0 saturated carbocycles. The molecule has 1 aromatic rings. The topological polar surface area (TPSA) is 79.3 Å². The van der Waals surface area contributed by atoms with Gasteiger partial charge in [0.1, 0.15) is 11.5 Å². The highest BCUT2D eigenvalue weighted by atomic mass is 16.5. The molecule has 0 unspecified atom stereocenters. The van der Waals surface area contributed by atoms with Crippen LogP contribution in [0, 0.1) is 0 Å². The summed E-state index contributed by atoms with van der Waals surface area (Å²) in [6.45, 7) is 8.68. The van der Waals surface area contributed by atoms with Crippen molar-refractivity contribution in [2.75, 3.05) is 40.4 Å². The normalized spacial score (nSPS) is 16.9. The minimum atomic E-state index is -0.678. The standard InChI is InChI=1S/C21H30N2O5/c1-6-22(7-2)11-8-12-23-19(18(14(3)24)20(25)21(23)26)16-10-9-15(27-4)13-17(16)28-5/h9-10,13,19,25H,6-8,11-12H2,1-5H3/t19-/m1/s1. The van der Waals surface area contributed by atoms with E-state index in [1.807, 2.05) is 0 Å². The van der Waals surface area contributed by atoms with Crippen LogP contribution in [0.2, 0.25) is 0 Å². The van der Waals surface area contributed by atoms with E-state index in [1.165, 1.54) is 14.0 Å². The summed E-state index contributed by atoms with van der Waals surface area (Å²) in [6, 6.07) is 4.56. The number of nitrogens with zero attached hydrogens (tertiary/aromatic N) is 2. The third-order valence-electron chi connectivity index (χ3n) is 5.19. The van der Waals surface area contributed by atoms with Crippen LogP contribution >= 0.6 is 0 Å². The molecule has 7 nitrogen and oxygen atoms in total. The van der Waals surface area contributed by atoms with Crippen molar-refractivity contribution in [1.29, 1.82) is 0 Å². The van der Waals surface area contributed by atoms with Gasteiger partial charge in [0.05, 0.1) is 25.8 Å². The molecule has 0 bridgehead atoms. The number of carbonyl (C=O) groups excluding carboxylic acids is 2. The molecule has 0 saturated heterocycles.